The van der Waals surface area contributed by atoms with E-state index in [1.54, 1.807) is 6.33 Å². The Balaban J connectivity index is 1.65. The zero-order chi connectivity index (χ0) is 18.5. The van der Waals surface area contributed by atoms with Gasteiger partial charge in [-0.2, -0.15) is 0 Å². The molecule has 1 amide bonds. The molecule has 26 heavy (non-hydrogen) atoms. The molecule has 0 unspecified atom stereocenters. The van der Waals surface area contributed by atoms with Gasteiger partial charge in [-0.15, -0.1) is 10.2 Å². The molecule has 0 saturated carbocycles. The van der Waals surface area contributed by atoms with E-state index in [2.05, 4.69) is 25.5 Å². The molecule has 2 aromatic heterocycles. The molecular weight excluding hydrogens is 348 g/mol. The van der Waals surface area contributed by atoms with Crippen molar-refractivity contribution in [2.24, 2.45) is 0 Å². The minimum Gasteiger partial charge on any atom is -0.325 e. The van der Waals surface area contributed by atoms with E-state index in [4.69, 9.17) is 0 Å². The number of carbonyl (C=O) groups excluding carboxylic acids is 1. The van der Waals surface area contributed by atoms with Crippen LogP contribution in [0.2, 0.25) is 0 Å². The molecule has 8 heteroatoms. The number of nitrogens with one attached hydrogen (secondary N) is 1. The number of carbonyl (C=O) groups is 1. The van der Waals surface area contributed by atoms with Gasteiger partial charge in [0.1, 0.15) is 6.33 Å². The van der Waals surface area contributed by atoms with Crippen molar-refractivity contribution in [1.82, 2.24) is 24.7 Å². The zero-order valence-corrected chi connectivity index (χ0v) is 15.7. The van der Waals surface area contributed by atoms with Gasteiger partial charge < -0.3 is 9.88 Å². The second kappa shape index (κ2) is 8.09. The van der Waals surface area contributed by atoms with Crippen molar-refractivity contribution in [3.05, 3.63) is 48.0 Å². The van der Waals surface area contributed by atoms with Crippen LogP contribution in [0.4, 0.5) is 5.69 Å². The lowest BCUT2D eigenvalue weighted by molar-refractivity contribution is -0.113. The highest BCUT2D eigenvalue weighted by molar-refractivity contribution is 7.99. The van der Waals surface area contributed by atoms with Crippen LogP contribution in [-0.2, 0) is 11.3 Å². The van der Waals surface area contributed by atoms with E-state index in [-0.39, 0.29) is 11.7 Å². The lowest BCUT2D eigenvalue weighted by atomic mass is 10.2. The Hall–Kier alpha value is -2.74. The molecule has 0 aliphatic carbocycles. The van der Waals surface area contributed by atoms with Crippen molar-refractivity contribution < 1.29 is 4.79 Å². The number of amides is 1. The number of hydrogen-bond donors (Lipinski definition) is 1. The van der Waals surface area contributed by atoms with Crippen LogP contribution in [0.15, 0.2) is 41.8 Å². The first-order chi connectivity index (χ1) is 12.5. The number of aryl methyl sites for hydroxylation is 3. The van der Waals surface area contributed by atoms with E-state index < -0.39 is 0 Å². The number of hydrogen-bond acceptors (Lipinski definition) is 6. The van der Waals surface area contributed by atoms with Crippen molar-refractivity contribution in [2.75, 3.05) is 11.1 Å². The van der Waals surface area contributed by atoms with Gasteiger partial charge in [0.05, 0.1) is 5.75 Å². The van der Waals surface area contributed by atoms with Gasteiger partial charge in [-0.05, 0) is 39.0 Å². The second-order valence-corrected chi connectivity index (χ2v) is 6.73. The maximum atomic E-state index is 12.3. The molecule has 134 valence electrons. The molecular formula is C18H20N6OS. The number of benzene rings is 1. The van der Waals surface area contributed by atoms with E-state index in [0.29, 0.717) is 5.16 Å². The molecule has 0 atom stereocenters. The van der Waals surface area contributed by atoms with Gasteiger partial charge in [0, 0.05) is 29.2 Å². The summed E-state index contributed by atoms with van der Waals surface area (Å²) >= 11 is 1.32. The van der Waals surface area contributed by atoms with Crippen molar-refractivity contribution in [2.45, 2.75) is 32.5 Å². The largest absolute Gasteiger partial charge is 0.325 e. The van der Waals surface area contributed by atoms with E-state index in [0.717, 1.165) is 35.0 Å². The lowest BCUT2D eigenvalue weighted by Gasteiger charge is -2.08. The lowest BCUT2D eigenvalue weighted by Crippen LogP contribution is -2.14. The highest BCUT2D eigenvalue weighted by atomic mass is 32.2. The Morgan fingerprint density at radius 1 is 1.19 bits per heavy atom. The molecule has 0 spiro atoms. The smallest absolute Gasteiger partial charge is 0.234 e. The summed E-state index contributed by atoms with van der Waals surface area (Å²) in [5.41, 5.74) is 3.42. The summed E-state index contributed by atoms with van der Waals surface area (Å²) in [6.07, 6.45) is 1.70. The van der Waals surface area contributed by atoms with Gasteiger partial charge in [0.15, 0.2) is 11.0 Å². The highest BCUT2D eigenvalue weighted by Gasteiger charge is 2.10. The zero-order valence-electron chi connectivity index (χ0n) is 14.9. The molecule has 0 fully saturated rings. The molecule has 7 nitrogen and oxygen atoms in total. The van der Waals surface area contributed by atoms with Gasteiger partial charge in [-0.3, -0.25) is 4.79 Å². The molecule has 1 aromatic carbocycles. The van der Waals surface area contributed by atoms with Crippen molar-refractivity contribution >= 4 is 23.4 Å². The van der Waals surface area contributed by atoms with E-state index >= 15 is 0 Å². The summed E-state index contributed by atoms with van der Waals surface area (Å²) in [5.74, 6) is 0.923. The Morgan fingerprint density at radius 3 is 2.69 bits per heavy atom. The van der Waals surface area contributed by atoms with Crippen molar-refractivity contribution in [1.29, 1.82) is 0 Å². The topological polar surface area (TPSA) is 85.6 Å². The number of anilines is 1. The normalized spacial score (nSPS) is 10.7. The average Bonchev–Trinajstić information content (AvgIpc) is 3.08. The van der Waals surface area contributed by atoms with Gasteiger partial charge >= 0.3 is 0 Å². The monoisotopic (exact) mass is 368 g/mol. The van der Waals surface area contributed by atoms with E-state index in [9.17, 15) is 4.79 Å². The summed E-state index contributed by atoms with van der Waals surface area (Å²) in [6.45, 7) is 6.65. The molecule has 0 bridgehead atoms. The highest BCUT2D eigenvalue weighted by Crippen LogP contribution is 2.21. The Kier molecular flexibility index (Phi) is 5.62. The fourth-order valence-corrected chi connectivity index (χ4v) is 3.28. The fourth-order valence-electron chi connectivity index (χ4n) is 2.53. The van der Waals surface area contributed by atoms with Crippen LogP contribution in [0.25, 0.3) is 11.4 Å². The minimum absolute atomic E-state index is 0.105. The van der Waals surface area contributed by atoms with Crippen LogP contribution < -0.4 is 5.32 Å². The Bertz CT molecular complexity index is 903. The van der Waals surface area contributed by atoms with Gasteiger partial charge in [0.25, 0.3) is 0 Å². The summed E-state index contributed by atoms with van der Waals surface area (Å²) in [7, 11) is 0. The van der Waals surface area contributed by atoms with Gasteiger partial charge in [-0.25, -0.2) is 9.97 Å². The average molecular weight is 368 g/mol. The molecule has 0 aliphatic rings. The van der Waals surface area contributed by atoms with Gasteiger partial charge in [-0.1, -0.05) is 23.9 Å². The maximum absolute atomic E-state index is 12.3. The quantitative estimate of drug-likeness (QED) is 0.531. The molecule has 1 N–H and O–H groups in total. The fraction of sp³-hybridized carbons (Fsp3) is 0.278. The molecule has 3 rings (SSSR count). The van der Waals surface area contributed by atoms with Gasteiger partial charge in [0.2, 0.25) is 5.91 Å². The minimum atomic E-state index is -0.105. The summed E-state index contributed by atoms with van der Waals surface area (Å²) in [4.78, 5) is 20.9. The SMILES string of the molecule is CCn1cnnc1-c1cccc(NC(=O)CSc2nc(C)cc(C)n2)c1. The number of rotatable bonds is 6. The molecule has 0 saturated heterocycles. The van der Waals surface area contributed by atoms with E-state index in [1.807, 2.05) is 55.7 Å². The predicted molar refractivity (Wildman–Crippen MR) is 102 cm³/mol. The molecule has 2 heterocycles. The van der Waals surface area contributed by atoms with E-state index in [1.165, 1.54) is 11.8 Å². The third-order valence-corrected chi connectivity index (χ3v) is 4.50. The molecule has 0 aliphatic heterocycles. The number of nitrogens with zero attached hydrogens (tertiary/aromatic N) is 5. The maximum Gasteiger partial charge on any atom is 0.234 e. The number of aromatic nitrogens is 5. The van der Waals surface area contributed by atoms with Crippen LogP contribution in [0.5, 0.6) is 0 Å². The molecule has 3 aromatic rings. The Morgan fingerprint density at radius 2 is 1.96 bits per heavy atom. The van der Waals surface area contributed by atoms with Crippen LogP contribution in [0, 0.1) is 13.8 Å². The summed E-state index contributed by atoms with van der Waals surface area (Å²) < 4.78 is 1.95. The Labute approximate surface area is 156 Å². The molecule has 0 radical (unpaired) electrons. The summed E-state index contributed by atoms with van der Waals surface area (Å²) in [5, 5.41) is 11.6. The standard InChI is InChI=1S/C18H20N6OS/c1-4-24-11-19-23-17(24)14-6-5-7-15(9-14)22-16(25)10-26-18-20-12(2)8-13(3)21-18/h5-9,11H,4,10H2,1-3H3,(H,22,25). The third-order valence-electron chi connectivity index (χ3n) is 3.65. The number of thioether (sulfide) groups is 1. The summed E-state index contributed by atoms with van der Waals surface area (Å²) in [6, 6.07) is 9.49. The third kappa shape index (κ3) is 4.45. The van der Waals surface area contributed by atoms with Crippen LogP contribution in [0.3, 0.4) is 0 Å². The predicted octanol–water partition coefficient (Wildman–Crippen LogP) is 3.10. The second-order valence-electron chi connectivity index (χ2n) is 5.79. The van der Waals surface area contributed by atoms with Crippen LogP contribution in [-0.4, -0.2) is 36.4 Å². The van der Waals surface area contributed by atoms with Crippen molar-refractivity contribution in [3.8, 4) is 11.4 Å². The van der Waals surface area contributed by atoms with Crippen molar-refractivity contribution in [3.63, 3.8) is 0 Å². The first kappa shape index (κ1) is 18.1. The first-order valence-corrected chi connectivity index (χ1v) is 9.27. The van der Waals surface area contributed by atoms with Crippen LogP contribution >= 0.6 is 11.8 Å². The first-order valence-electron chi connectivity index (χ1n) is 8.28. The van der Waals surface area contributed by atoms with Crippen LogP contribution in [0.1, 0.15) is 18.3 Å².